The van der Waals surface area contributed by atoms with E-state index in [2.05, 4.69) is 41.4 Å². The molecular weight excluding hydrogens is 292 g/mol. The molecule has 3 rings (SSSR count). The van der Waals surface area contributed by atoms with Crippen LogP contribution in [0.4, 0.5) is 0 Å². The van der Waals surface area contributed by atoms with Gasteiger partial charge in [0.2, 0.25) is 5.91 Å². The van der Waals surface area contributed by atoms with Crippen molar-refractivity contribution in [3.8, 4) is 0 Å². The summed E-state index contributed by atoms with van der Waals surface area (Å²) < 4.78 is 0. The van der Waals surface area contributed by atoms with E-state index >= 15 is 0 Å². The number of nitrogens with one attached hydrogen (secondary N) is 1. The van der Waals surface area contributed by atoms with E-state index in [1.54, 1.807) is 0 Å². The summed E-state index contributed by atoms with van der Waals surface area (Å²) in [6.45, 7) is 4.80. The smallest absolute Gasteiger partial charge is 0.226 e. The van der Waals surface area contributed by atoms with Gasteiger partial charge in [0.05, 0.1) is 6.04 Å². The summed E-state index contributed by atoms with van der Waals surface area (Å²) >= 11 is 1.98. The van der Waals surface area contributed by atoms with Gasteiger partial charge >= 0.3 is 0 Å². The van der Waals surface area contributed by atoms with Gasteiger partial charge in [-0.05, 0) is 41.9 Å². The van der Waals surface area contributed by atoms with Crippen LogP contribution in [-0.4, -0.2) is 41.9 Å². The molecule has 0 aromatic heterocycles. The van der Waals surface area contributed by atoms with Crippen molar-refractivity contribution in [2.75, 3.05) is 31.1 Å². The van der Waals surface area contributed by atoms with Crippen LogP contribution in [-0.2, 0) is 11.2 Å². The number of benzene rings is 1. The first-order valence-electron chi connectivity index (χ1n) is 8.47. The molecule has 2 heterocycles. The molecule has 22 heavy (non-hydrogen) atoms. The van der Waals surface area contributed by atoms with Crippen LogP contribution in [0.15, 0.2) is 24.3 Å². The van der Waals surface area contributed by atoms with Crippen LogP contribution >= 0.6 is 11.8 Å². The highest BCUT2D eigenvalue weighted by atomic mass is 32.2. The second kappa shape index (κ2) is 7.51. The molecule has 0 bridgehead atoms. The van der Waals surface area contributed by atoms with Crippen molar-refractivity contribution in [2.24, 2.45) is 5.92 Å². The van der Waals surface area contributed by atoms with Gasteiger partial charge in [-0.1, -0.05) is 31.2 Å². The average Bonchev–Trinajstić information content (AvgIpc) is 2.62. The van der Waals surface area contributed by atoms with Crippen LogP contribution in [0, 0.1) is 5.92 Å². The lowest BCUT2D eigenvalue weighted by Gasteiger charge is -2.39. The van der Waals surface area contributed by atoms with E-state index in [-0.39, 0.29) is 12.0 Å². The molecular formula is C18H26N2OS. The maximum absolute atomic E-state index is 12.9. The molecule has 1 amide bonds. The van der Waals surface area contributed by atoms with Gasteiger partial charge in [-0.2, -0.15) is 11.8 Å². The molecule has 1 aromatic rings. The molecule has 0 spiro atoms. The molecule has 0 radical (unpaired) electrons. The molecule has 4 heteroatoms. The predicted molar refractivity (Wildman–Crippen MR) is 93.2 cm³/mol. The molecule has 1 unspecified atom stereocenters. The van der Waals surface area contributed by atoms with Crippen molar-refractivity contribution < 1.29 is 4.79 Å². The zero-order chi connectivity index (χ0) is 15.4. The largest absolute Gasteiger partial charge is 0.333 e. The second-order valence-corrected chi connectivity index (χ2v) is 7.46. The number of thioether (sulfide) groups is 1. The van der Waals surface area contributed by atoms with E-state index in [9.17, 15) is 4.79 Å². The quantitative estimate of drug-likeness (QED) is 0.930. The third-order valence-corrected chi connectivity index (χ3v) is 5.92. The molecule has 120 valence electrons. The highest BCUT2D eigenvalue weighted by Gasteiger charge is 2.32. The lowest BCUT2D eigenvalue weighted by atomic mass is 9.96. The minimum absolute atomic E-state index is 0.196. The van der Waals surface area contributed by atoms with E-state index in [1.807, 2.05) is 11.8 Å². The average molecular weight is 318 g/mol. The Morgan fingerprint density at radius 3 is 2.68 bits per heavy atom. The third kappa shape index (κ3) is 3.49. The van der Waals surface area contributed by atoms with Crippen LogP contribution in [0.2, 0.25) is 0 Å². The summed E-state index contributed by atoms with van der Waals surface area (Å²) in [4.78, 5) is 15.1. The number of amides is 1. The molecule has 0 aliphatic carbocycles. The van der Waals surface area contributed by atoms with Crippen molar-refractivity contribution in [1.82, 2.24) is 10.2 Å². The molecule has 3 nitrogen and oxygen atoms in total. The number of carbonyl (C=O) groups excluding carboxylic acids is 1. The topological polar surface area (TPSA) is 32.3 Å². The first kappa shape index (κ1) is 15.9. The Hall–Kier alpha value is -1.00. The highest BCUT2D eigenvalue weighted by molar-refractivity contribution is 7.99. The van der Waals surface area contributed by atoms with Gasteiger partial charge in [0.15, 0.2) is 0 Å². The van der Waals surface area contributed by atoms with E-state index in [0.717, 1.165) is 50.4 Å². The molecule has 1 N–H and O–H groups in total. The van der Waals surface area contributed by atoms with Crippen LogP contribution in [0.25, 0.3) is 0 Å². The highest BCUT2D eigenvalue weighted by Crippen LogP contribution is 2.29. The standard InChI is InChI=1S/C18H26N2OS/c1-2-14-3-5-15(6-4-14)17-13-19-9-10-20(17)18(21)16-7-11-22-12-8-16/h3-6,16-17,19H,2,7-13H2,1H3. The SMILES string of the molecule is CCc1ccc(C2CNCCN2C(=O)C2CCSCC2)cc1. The van der Waals surface area contributed by atoms with E-state index in [0.29, 0.717) is 5.91 Å². The summed E-state index contributed by atoms with van der Waals surface area (Å²) in [6, 6.07) is 9.00. The first-order valence-corrected chi connectivity index (χ1v) is 9.63. The number of nitrogens with zero attached hydrogens (tertiary/aromatic N) is 1. The Morgan fingerprint density at radius 2 is 2.00 bits per heavy atom. The first-order chi connectivity index (χ1) is 10.8. The molecule has 2 fully saturated rings. The Balaban J connectivity index is 1.76. The fraction of sp³-hybridized carbons (Fsp3) is 0.611. The van der Waals surface area contributed by atoms with Crippen molar-refractivity contribution in [3.63, 3.8) is 0 Å². The zero-order valence-corrected chi connectivity index (χ0v) is 14.2. The maximum Gasteiger partial charge on any atom is 0.226 e. The monoisotopic (exact) mass is 318 g/mol. The van der Waals surface area contributed by atoms with Crippen molar-refractivity contribution in [2.45, 2.75) is 32.2 Å². The Labute approximate surface area is 137 Å². The lowest BCUT2D eigenvalue weighted by Crippen LogP contribution is -2.50. The van der Waals surface area contributed by atoms with Gasteiger partial charge in [0.25, 0.3) is 0 Å². The Bertz CT molecular complexity index is 496. The Morgan fingerprint density at radius 1 is 1.27 bits per heavy atom. The van der Waals surface area contributed by atoms with E-state index in [4.69, 9.17) is 0 Å². The van der Waals surface area contributed by atoms with Crippen molar-refractivity contribution in [1.29, 1.82) is 0 Å². The number of carbonyl (C=O) groups is 1. The van der Waals surface area contributed by atoms with E-state index in [1.165, 1.54) is 11.1 Å². The number of hydrogen-bond acceptors (Lipinski definition) is 3. The van der Waals surface area contributed by atoms with Gasteiger partial charge in [-0.25, -0.2) is 0 Å². The van der Waals surface area contributed by atoms with Gasteiger partial charge < -0.3 is 10.2 Å². The zero-order valence-electron chi connectivity index (χ0n) is 13.4. The molecule has 0 saturated carbocycles. The third-order valence-electron chi connectivity index (χ3n) is 4.87. The number of rotatable bonds is 3. The maximum atomic E-state index is 12.9. The summed E-state index contributed by atoms with van der Waals surface area (Å²) in [5.41, 5.74) is 2.62. The lowest BCUT2D eigenvalue weighted by molar-refractivity contribution is -0.139. The predicted octanol–water partition coefficient (Wildman–Crippen LogP) is 2.87. The summed E-state index contributed by atoms with van der Waals surface area (Å²) in [5, 5.41) is 3.45. The number of aryl methyl sites for hydroxylation is 1. The van der Waals surface area contributed by atoms with Gasteiger partial charge in [-0.3, -0.25) is 4.79 Å². The molecule has 1 atom stereocenters. The van der Waals surface area contributed by atoms with Crippen LogP contribution < -0.4 is 5.32 Å². The fourth-order valence-corrected chi connectivity index (χ4v) is 4.53. The van der Waals surface area contributed by atoms with Crippen LogP contribution in [0.3, 0.4) is 0 Å². The van der Waals surface area contributed by atoms with Gasteiger partial charge in [0, 0.05) is 25.6 Å². The minimum Gasteiger partial charge on any atom is -0.333 e. The number of hydrogen-bond donors (Lipinski definition) is 1. The minimum atomic E-state index is 0.196. The van der Waals surface area contributed by atoms with Crippen LogP contribution in [0.5, 0.6) is 0 Å². The van der Waals surface area contributed by atoms with Crippen molar-refractivity contribution in [3.05, 3.63) is 35.4 Å². The van der Waals surface area contributed by atoms with E-state index < -0.39 is 0 Å². The molecule has 2 aliphatic heterocycles. The number of piperazine rings is 1. The van der Waals surface area contributed by atoms with Crippen molar-refractivity contribution >= 4 is 17.7 Å². The normalized spacial score (nSPS) is 23.5. The fourth-order valence-electron chi connectivity index (χ4n) is 3.42. The molecule has 2 saturated heterocycles. The molecule has 1 aromatic carbocycles. The van der Waals surface area contributed by atoms with Crippen LogP contribution in [0.1, 0.15) is 36.9 Å². The Kier molecular flexibility index (Phi) is 5.42. The summed E-state index contributed by atoms with van der Waals surface area (Å²) in [5.74, 6) is 2.90. The van der Waals surface area contributed by atoms with Gasteiger partial charge in [-0.15, -0.1) is 0 Å². The van der Waals surface area contributed by atoms with Gasteiger partial charge in [0.1, 0.15) is 0 Å². The molecule has 2 aliphatic rings. The second-order valence-electron chi connectivity index (χ2n) is 6.23. The summed E-state index contributed by atoms with van der Waals surface area (Å²) in [7, 11) is 0. The summed E-state index contributed by atoms with van der Waals surface area (Å²) in [6.07, 6.45) is 3.16.